The van der Waals surface area contributed by atoms with Crippen LogP contribution in [0.2, 0.25) is 0 Å². The van der Waals surface area contributed by atoms with Crippen molar-refractivity contribution in [3.63, 3.8) is 0 Å². The van der Waals surface area contributed by atoms with Gasteiger partial charge in [0.1, 0.15) is 0 Å². The molecule has 0 heterocycles. The van der Waals surface area contributed by atoms with E-state index >= 15 is 0 Å². The number of hydrogen-bond donors (Lipinski definition) is 2. The van der Waals surface area contributed by atoms with Gasteiger partial charge >= 0.3 is 0 Å². The molecule has 0 amide bonds. The lowest BCUT2D eigenvalue weighted by atomic mass is 9.76. The van der Waals surface area contributed by atoms with E-state index in [1.807, 2.05) is 22.6 Å². The van der Waals surface area contributed by atoms with Crippen molar-refractivity contribution < 1.29 is 10.0 Å². The summed E-state index contributed by atoms with van der Waals surface area (Å²) < 4.78 is 0.606. The van der Waals surface area contributed by atoms with Gasteiger partial charge in [0.2, 0.25) is 0 Å². The smallest absolute Gasteiger partial charge is 0.282 e. The molecular weight excluding hydrogens is 371 g/mol. The number of rotatable bonds is 4. The second kappa shape index (κ2) is 6.26. The molecule has 0 aliphatic heterocycles. The van der Waals surface area contributed by atoms with E-state index < -0.39 is 0 Å². The van der Waals surface area contributed by atoms with Crippen LogP contribution in [0.5, 0.6) is 0 Å². The van der Waals surface area contributed by atoms with Crippen LogP contribution in [0.25, 0.3) is 0 Å². The highest BCUT2D eigenvalue weighted by Crippen LogP contribution is 2.35. The van der Waals surface area contributed by atoms with E-state index in [0.717, 1.165) is 24.9 Å². The molecule has 0 radical (unpaired) electrons. The summed E-state index contributed by atoms with van der Waals surface area (Å²) in [5.74, 6) is 0.584. The highest BCUT2D eigenvalue weighted by molar-refractivity contribution is 14.1. The number of nitro benzene ring substituents is 1. The van der Waals surface area contributed by atoms with Gasteiger partial charge in [-0.2, -0.15) is 0 Å². The number of aliphatic hydroxyl groups is 1. The van der Waals surface area contributed by atoms with Crippen LogP contribution < -0.4 is 5.32 Å². The highest BCUT2D eigenvalue weighted by atomic mass is 127. The van der Waals surface area contributed by atoms with Gasteiger partial charge < -0.3 is 10.4 Å². The number of anilines is 1. The molecule has 20 heavy (non-hydrogen) atoms. The lowest BCUT2D eigenvalue weighted by Gasteiger charge is -2.40. The number of hydrogen-bond acceptors (Lipinski definition) is 4. The van der Waals surface area contributed by atoms with Crippen molar-refractivity contribution in [2.75, 3.05) is 11.9 Å². The maximum Gasteiger partial charge on any atom is 0.282 e. The van der Waals surface area contributed by atoms with Crippen LogP contribution in [0.15, 0.2) is 18.2 Å². The third kappa shape index (κ3) is 3.41. The fourth-order valence-corrected chi connectivity index (χ4v) is 3.71. The predicted octanol–water partition coefficient (Wildman–Crippen LogP) is 3.55. The van der Waals surface area contributed by atoms with Gasteiger partial charge in [0.15, 0.2) is 0 Å². The summed E-state index contributed by atoms with van der Waals surface area (Å²) in [6.07, 6.45) is 4.15. The van der Waals surface area contributed by atoms with Gasteiger partial charge in [-0.15, -0.1) is 0 Å². The first-order valence-corrected chi connectivity index (χ1v) is 7.87. The van der Waals surface area contributed by atoms with Crippen molar-refractivity contribution in [3.05, 3.63) is 31.9 Å². The van der Waals surface area contributed by atoms with Crippen molar-refractivity contribution >= 4 is 34.0 Å². The number of nitro groups is 1. The SMILES string of the molecule is CC1CCCC(CO)(Nc2ccc([N+](=O)[O-])c(I)c2)C1. The Kier molecular flexibility index (Phi) is 4.85. The second-order valence-electron chi connectivity index (χ2n) is 5.69. The summed E-state index contributed by atoms with van der Waals surface area (Å²) in [7, 11) is 0. The first kappa shape index (κ1) is 15.5. The van der Waals surface area contributed by atoms with E-state index in [9.17, 15) is 15.2 Å². The number of nitrogens with zero attached hydrogens (tertiary/aromatic N) is 1. The van der Waals surface area contributed by atoms with Crippen LogP contribution in [0.1, 0.15) is 32.6 Å². The Bertz CT molecular complexity index is 509. The minimum atomic E-state index is -0.379. The Morgan fingerprint density at radius 2 is 2.35 bits per heavy atom. The third-order valence-electron chi connectivity index (χ3n) is 3.95. The topological polar surface area (TPSA) is 75.4 Å². The monoisotopic (exact) mass is 390 g/mol. The van der Waals surface area contributed by atoms with Gasteiger partial charge in [0.25, 0.3) is 5.69 Å². The van der Waals surface area contributed by atoms with E-state index in [1.54, 1.807) is 12.1 Å². The molecule has 0 spiro atoms. The standard InChI is InChI=1S/C14H19IN2O3/c1-10-3-2-6-14(8-10,9-18)16-11-4-5-13(17(19)20)12(15)7-11/h4-5,7,10,16,18H,2-3,6,8-9H2,1H3. The van der Waals surface area contributed by atoms with Crippen LogP contribution in [-0.4, -0.2) is 22.2 Å². The van der Waals surface area contributed by atoms with Crippen molar-refractivity contribution in [3.8, 4) is 0 Å². The molecule has 2 atom stereocenters. The first-order valence-electron chi connectivity index (χ1n) is 6.79. The van der Waals surface area contributed by atoms with Crippen molar-refractivity contribution in [1.82, 2.24) is 0 Å². The minimum Gasteiger partial charge on any atom is -0.394 e. The quantitative estimate of drug-likeness (QED) is 0.469. The van der Waals surface area contributed by atoms with Crippen LogP contribution >= 0.6 is 22.6 Å². The molecule has 2 rings (SSSR count). The molecule has 2 unspecified atom stereocenters. The van der Waals surface area contributed by atoms with E-state index in [2.05, 4.69) is 12.2 Å². The van der Waals surface area contributed by atoms with Gasteiger partial charge in [0, 0.05) is 11.8 Å². The number of aliphatic hydroxyl groups excluding tert-OH is 1. The largest absolute Gasteiger partial charge is 0.394 e. The zero-order valence-electron chi connectivity index (χ0n) is 11.4. The Morgan fingerprint density at radius 3 is 2.90 bits per heavy atom. The van der Waals surface area contributed by atoms with Gasteiger partial charge in [-0.05, 0) is 53.5 Å². The molecule has 110 valence electrons. The molecule has 1 aromatic rings. The Morgan fingerprint density at radius 1 is 1.60 bits per heavy atom. The van der Waals surface area contributed by atoms with E-state index in [1.165, 1.54) is 12.5 Å². The molecular formula is C14H19IN2O3. The normalized spacial score (nSPS) is 26.2. The fraction of sp³-hybridized carbons (Fsp3) is 0.571. The molecule has 0 aromatic heterocycles. The summed E-state index contributed by atoms with van der Waals surface area (Å²) in [6, 6.07) is 5.01. The lowest BCUT2D eigenvalue weighted by molar-refractivity contribution is -0.385. The van der Waals surface area contributed by atoms with Crippen LogP contribution in [0.3, 0.4) is 0 Å². The maximum atomic E-state index is 10.8. The van der Waals surface area contributed by atoms with Crippen LogP contribution in [0.4, 0.5) is 11.4 Å². The van der Waals surface area contributed by atoms with Crippen molar-refractivity contribution in [2.24, 2.45) is 5.92 Å². The van der Waals surface area contributed by atoms with Crippen molar-refractivity contribution in [1.29, 1.82) is 0 Å². The molecule has 5 nitrogen and oxygen atoms in total. The van der Waals surface area contributed by atoms with Gasteiger partial charge in [-0.1, -0.05) is 19.8 Å². The highest BCUT2D eigenvalue weighted by Gasteiger charge is 2.34. The fourth-order valence-electron chi connectivity index (χ4n) is 3.00. The van der Waals surface area contributed by atoms with Crippen LogP contribution in [0, 0.1) is 19.6 Å². The minimum absolute atomic E-state index is 0.0882. The Hall–Kier alpha value is -0.890. The number of benzene rings is 1. The molecule has 0 saturated heterocycles. The summed E-state index contributed by atoms with van der Waals surface area (Å²) in [6.45, 7) is 2.29. The molecule has 1 aromatic carbocycles. The molecule has 1 saturated carbocycles. The van der Waals surface area contributed by atoms with Crippen LogP contribution in [-0.2, 0) is 0 Å². The molecule has 1 fully saturated rings. The second-order valence-corrected chi connectivity index (χ2v) is 6.85. The zero-order chi connectivity index (χ0) is 14.8. The molecule has 2 N–H and O–H groups in total. The van der Waals surface area contributed by atoms with Gasteiger partial charge in [-0.25, -0.2) is 0 Å². The average molecular weight is 390 g/mol. The number of halogens is 1. The first-order chi connectivity index (χ1) is 9.46. The van der Waals surface area contributed by atoms with E-state index in [-0.39, 0.29) is 22.8 Å². The third-order valence-corrected chi connectivity index (χ3v) is 4.81. The molecule has 1 aliphatic rings. The molecule has 1 aliphatic carbocycles. The summed E-state index contributed by atoms with van der Waals surface area (Å²) in [5.41, 5.74) is 0.658. The van der Waals surface area contributed by atoms with Gasteiger partial charge in [0.05, 0.1) is 20.6 Å². The Labute approximate surface area is 132 Å². The predicted molar refractivity (Wildman–Crippen MR) is 86.9 cm³/mol. The zero-order valence-corrected chi connectivity index (χ0v) is 13.6. The maximum absolute atomic E-state index is 10.8. The van der Waals surface area contributed by atoms with Gasteiger partial charge in [-0.3, -0.25) is 10.1 Å². The Balaban J connectivity index is 2.19. The summed E-state index contributed by atoms with van der Waals surface area (Å²) in [4.78, 5) is 10.4. The molecule has 6 heteroatoms. The average Bonchev–Trinajstić information content (AvgIpc) is 2.38. The summed E-state index contributed by atoms with van der Waals surface area (Å²) in [5, 5.41) is 24.0. The lowest BCUT2D eigenvalue weighted by Crippen LogP contribution is -2.45. The number of nitrogens with one attached hydrogen (secondary N) is 1. The summed E-state index contributed by atoms with van der Waals surface area (Å²) >= 11 is 1.97. The molecule has 0 bridgehead atoms. The van der Waals surface area contributed by atoms with Crippen molar-refractivity contribution in [2.45, 2.75) is 38.1 Å². The van der Waals surface area contributed by atoms with E-state index in [4.69, 9.17) is 0 Å². The van der Waals surface area contributed by atoms with E-state index in [0.29, 0.717) is 9.49 Å².